The van der Waals surface area contributed by atoms with E-state index in [1.165, 1.54) is 12.1 Å². The molecule has 0 bridgehead atoms. The zero-order valence-corrected chi connectivity index (χ0v) is 13.5. The highest BCUT2D eigenvalue weighted by atomic mass is 19.4. The number of carbonyl (C=O) groups is 1. The molecule has 1 heterocycles. The third kappa shape index (κ3) is 2.51. The fourth-order valence-electron chi connectivity index (χ4n) is 3.43. The van der Waals surface area contributed by atoms with Crippen molar-refractivity contribution >= 4 is 11.6 Å². The Labute approximate surface area is 138 Å². The van der Waals surface area contributed by atoms with Crippen LogP contribution >= 0.6 is 0 Å². The summed E-state index contributed by atoms with van der Waals surface area (Å²) < 4.78 is 41.1. The number of hydrogen-bond donors (Lipinski definition) is 1. The van der Waals surface area contributed by atoms with Gasteiger partial charge in [-0.1, -0.05) is 24.6 Å². The molecule has 1 fully saturated rings. The first-order valence-electron chi connectivity index (χ1n) is 7.92. The zero-order valence-electron chi connectivity index (χ0n) is 13.5. The molecule has 1 N–H and O–H groups in total. The number of hydrazone groups is 1. The van der Waals surface area contributed by atoms with E-state index in [-0.39, 0.29) is 28.6 Å². The van der Waals surface area contributed by atoms with Crippen LogP contribution in [0.3, 0.4) is 0 Å². The Balaban J connectivity index is 2.03. The lowest BCUT2D eigenvalue weighted by Crippen LogP contribution is -2.61. The van der Waals surface area contributed by atoms with Crippen LogP contribution in [-0.4, -0.2) is 33.6 Å². The Hall–Kier alpha value is -1.89. The molecule has 130 valence electrons. The molecule has 0 unspecified atom stereocenters. The summed E-state index contributed by atoms with van der Waals surface area (Å²) in [4.78, 5) is 12.6. The third-order valence-corrected chi connectivity index (χ3v) is 4.88. The van der Waals surface area contributed by atoms with Crippen LogP contribution in [0.5, 0.6) is 0 Å². The molecule has 3 atom stereocenters. The van der Waals surface area contributed by atoms with Crippen molar-refractivity contribution in [3.8, 4) is 0 Å². The second kappa shape index (κ2) is 5.58. The fourth-order valence-corrected chi connectivity index (χ4v) is 3.43. The molecular weight excluding hydrogens is 321 g/mol. The average Bonchev–Trinajstić information content (AvgIpc) is 2.81. The van der Waals surface area contributed by atoms with Gasteiger partial charge in [0.1, 0.15) is 0 Å². The number of alkyl halides is 3. The molecular formula is C17H19F3N2O2. The summed E-state index contributed by atoms with van der Waals surface area (Å²) in [6, 6.07) is 6.16. The van der Waals surface area contributed by atoms with Gasteiger partial charge < -0.3 is 5.11 Å². The molecule has 0 spiro atoms. The SMILES string of the molecule is Cc1ccc(C(=O)N2N=C3CC[C@H](C)C[C@H]3[C@@]2(O)C(F)(F)F)cc1. The normalized spacial score (nSPS) is 30.1. The number of hydrogen-bond acceptors (Lipinski definition) is 3. The number of rotatable bonds is 1. The van der Waals surface area contributed by atoms with Crippen molar-refractivity contribution in [1.29, 1.82) is 0 Å². The topological polar surface area (TPSA) is 52.9 Å². The van der Waals surface area contributed by atoms with Crippen molar-refractivity contribution in [2.45, 2.75) is 45.0 Å². The summed E-state index contributed by atoms with van der Waals surface area (Å²) in [5.74, 6) is -2.10. The fraction of sp³-hybridized carbons (Fsp3) is 0.529. The first kappa shape index (κ1) is 17.0. The molecule has 1 aromatic rings. The van der Waals surface area contributed by atoms with Crippen LogP contribution in [0.15, 0.2) is 29.4 Å². The van der Waals surface area contributed by atoms with E-state index in [2.05, 4.69) is 5.10 Å². The smallest absolute Gasteiger partial charge is 0.362 e. The van der Waals surface area contributed by atoms with Gasteiger partial charge in [-0.3, -0.25) is 4.79 Å². The standard InChI is InChI=1S/C17H19F3N2O2/c1-10-3-6-12(7-4-10)15(23)22-16(24,17(18,19)20)13-9-11(2)5-8-14(13)21-22/h3-4,6-7,11,13,24H,5,8-9H2,1-2H3/t11-,13+,16+/m0/s1. The molecule has 1 aliphatic heterocycles. The number of aliphatic hydroxyl groups is 1. The number of nitrogens with zero attached hydrogens (tertiary/aromatic N) is 2. The Morgan fingerprint density at radius 3 is 2.54 bits per heavy atom. The van der Waals surface area contributed by atoms with Crippen molar-refractivity contribution in [1.82, 2.24) is 5.01 Å². The van der Waals surface area contributed by atoms with E-state index in [0.717, 1.165) is 5.56 Å². The largest absolute Gasteiger partial charge is 0.439 e. The van der Waals surface area contributed by atoms with Gasteiger partial charge in [0.25, 0.3) is 11.6 Å². The lowest BCUT2D eigenvalue weighted by molar-refractivity contribution is -0.313. The van der Waals surface area contributed by atoms with Crippen LogP contribution in [-0.2, 0) is 0 Å². The predicted molar refractivity (Wildman–Crippen MR) is 82.3 cm³/mol. The number of carbonyl (C=O) groups excluding carboxylic acids is 1. The molecule has 2 aliphatic rings. The van der Waals surface area contributed by atoms with Crippen molar-refractivity contribution in [3.63, 3.8) is 0 Å². The third-order valence-electron chi connectivity index (χ3n) is 4.88. The number of amides is 1. The maximum Gasteiger partial charge on any atom is 0.439 e. The Kier molecular flexibility index (Phi) is 3.94. The molecule has 1 amide bonds. The van der Waals surface area contributed by atoms with E-state index in [9.17, 15) is 23.1 Å². The maximum atomic E-state index is 13.7. The highest BCUT2D eigenvalue weighted by Gasteiger charge is 2.68. The zero-order chi connectivity index (χ0) is 17.7. The minimum atomic E-state index is -4.99. The molecule has 0 saturated heterocycles. The van der Waals surface area contributed by atoms with E-state index in [1.54, 1.807) is 12.1 Å². The Bertz CT molecular complexity index is 684. The van der Waals surface area contributed by atoms with E-state index in [1.807, 2.05) is 13.8 Å². The summed E-state index contributed by atoms with van der Waals surface area (Å²) in [5.41, 5.74) is -2.07. The van der Waals surface area contributed by atoms with Gasteiger partial charge in [-0.05, 0) is 44.2 Å². The van der Waals surface area contributed by atoms with Crippen molar-refractivity contribution in [3.05, 3.63) is 35.4 Å². The van der Waals surface area contributed by atoms with Crippen molar-refractivity contribution in [2.24, 2.45) is 16.9 Å². The lowest BCUT2D eigenvalue weighted by atomic mass is 9.76. The Morgan fingerprint density at radius 1 is 1.33 bits per heavy atom. The van der Waals surface area contributed by atoms with E-state index in [4.69, 9.17) is 0 Å². The highest BCUT2D eigenvalue weighted by molar-refractivity contribution is 5.99. The summed E-state index contributed by atoms with van der Waals surface area (Å²) in [5, 5.41) is 14.7. The number of aryl methyl sites for hydroxylation is 1. The van der Waals surface area contributed by atoms with Gasteiger partial charge in [-0.15, -0.1) is 0 Å². The van der Waals surface area contributed by atoms with Crippen molar-refractivity contribution in [2.75, 3.05) is 0 Å². The highest BCUT2D eigenvalue weighted by Crippen LogP contribution is 2.49. The van der Waals surface area contributed by atoms with E-state index in [0.29, 0.717) is 12.8 Å². The average molecular weight is 340 g/mol. The lowest BCUT2D eigenvalue weighted by Gasteiger charge is -2.39. The summed E-state index contributed by atoms with van der Waals surface area (Å²) in [6.07, 6.45) is -3.76. The second-order valence-electron chi connectivity index (χ2n) is 6.73. The predicted octanol–water partition coefficient (Wildman–Crippen LogP) is 3.49. The van der Waals surface area contributed by atoms with E-state index < -0.39 is 23.7 Å². The molecule has 0 aromatic heterocycles. The number of halogens is 3. The molecule has 1 aliphatic carbocycles. The molecule has 1 aromatic carbocycles. The summed E-state index contributed by atoms with van der Waals surface area (Å²) >= 11 is 0. The summed E-state index contributed by atoms with van der Waals surface area (Å²) in [7, 11) is 0. The first-order valence-corrected chi connectivity index (χ1v) is 7.92. The minimum absolute atomic E-state index is 0.0391. The number of fused-ring (bicyclic) bond motifs is 1. The molecule has 7 heteroatoms. The molecule has 0 radical (unpaired) electrons. The van der Waals surface area contributed by atoms with Gasteiger partial charge in [0.2, 0.25) is 0 Å². The molecule has 1 saturated carbocycles. The van der Waals surface area contributed by atoms with Gasteiger partial charge in [0.05, 0.1) is 5.92 Å². The van der Waals surface area contributed by atoms with Gasteiger partial charge >= 0.3 is 6.18 Å². The van der Waals surface area contributed by atoms with Crippen LogP contribution in [0.1, 0.15) is 42.1 Å². The van der Waals surface area contributed by atoms with Crippen LogP contribution < -0.4 is 0 Å². The second-order valence-corrected chi connectivity index (χ2v) is 6.73. The van der Waals surface area contributed by atoms with Crippen LogP contribution in [0.4, 0.5) is 13.2 Å². The van der Waals surface area contributed by atoms with Crippen LogP contribution in [0, 0.1) is 18.8 Å². The maximum absolute atomic E-state index is 13.7. The quantitative estimate of drug-likeness (QED) is 0.851. The van der Waals surface area contributed by atoms with Gasteiger partial charge in [-0.2, -0.15) is 23.3 Å². The van der Waals surface area contributed by atoms with E-state index >= 15 is 0 Å². The molecule has 3 rings (SSSR count). The van der Waals surface area contributed by atoms with Gasteiger partial charge in [0.15, 0.2) is 0 Å². The van der Waals surface area contributed by atoms with Crippen LogP contribution in [0.2, 0.25) is 0 Å². The monoisotopic (exact) mass is 340 g/mol. The Morgan fingerprint density at radius 2 is 1.96 bits per heavy atom. The van der Waals surface area contributed by atoms with Gasteiger partial charge in [0, 0.05) is 11.3 Å². The first-order chi connectivity index (χ1) is 11.1. The van der Waals surface area contributed by atoms with Crippen LogP contribution in [0.25, 0.3) is 0 Å². The van der Waals surface area contributed by atoms with Crippen molar-refractivity contribution < 1.29 is 23.1 Å². The molecule has 4 nitrogen and oxygen atoms in total. The number of benzene rings is 1. The minimum Gasteiger partial charge on any atom is -0.362 e. The molecule has 24 heavy (non-hydrogen) atoms. The summed E-state index contributed by atoms with van der Waals surface area (Å²) in [6.45, 7) is 3.66. The van der Waals surface area contributed by atoms with Gasteiger partial charge in [-0.25, -0.2) is 0 Å².